The zero-order valence-corrected chi connectivity index (χ0v) is 19.3. The first-order valence-electron chi connectivity index (χ1n) is 10.5. The van der Waals surface area contributed by atoms with Gasteiger partial charge in [-0.3, -0.25) is 14.4 Å². The third kappa shape index (κ3) is 6.61. The molecule has 0 saturated carbocycles. The smallest absolute Gasteiger partial charge is 0.319 e. The van der Waals surface area contributed by atoms with Gasteiger partial charge in [-0.1, -0.05) is 20.3 Å². The van der Waals surface area contributed by atoms with Crippen LogP contribution in [0, 0.1) is 16.2 Å². The number of methoxy groups -OCH3 is 1. The highest BCUT2D eigenvalue weighted by atomic mass is 16.6. The number of rotatable bonds is 12. The number of ether oxygens (including phenoxy) is 3. The summed E-state index contributed by atoms with van der Waals surface area (Å²) in [5.41, 5.74) is -3.02. The predicted octanol–water partition coefficient (Wildman–Crippen LogP) is 4.93. The lowest BCUT2D eigenvalue weighted by atomic mass is 9.65. The molecule has 1 aromatic rings. The van der Waals surface area contributed by atoms with Gasteiger partial charge in [0.25, 0.3) is 5.95 Å². The second kappa shape index (κ2) is 10.6. The standard InChI is InChI=1S/C23H36O7/c1-8-10-13-29-20(26)22(5,9-2)16-23(6,19(25)27-7)15-21(3,4)18(24)30-17-12-11-14-28-17/h11-12,14H,8-10,13,15-16H2,1-7H3. The molecule has 0 bridgehead atoms. The Kier molecular flexibility index (Phi) is 9.12. The first-order chi connectivity index (χ1) is 13.9. The van der Waals surface area contributed by atoms with Crippen molar-refractivity contribution in [3.05, 3.63) is 18.4 Å². The molecule has 0 spiro atoms. The lowest BCUT2D eigenvalue weighted by molar-refractivity contribution is -0.165. The Balaban J connectivity index is 3.07. The second-order valence-electron chi connectivity index (χ2n) is 9.01. The highest BCUT2D eigenvalue weighted by molar-refractivity contribution is 5.83. The molecule has 30 heavy (non-hydrogen) atoms. The molecule has 7 heteroatoms. The van der Waals surface area contributed by atoms with E-state index in [0.717, 1.165) is 12.8 Å². The van der Waals surface area contributed by atoms with Gasteiger partial charge in [-0.2, -0.15) is 0 Å². The maximum absolute atomic E-state index is 12.8. The Labute approximate surface area is 179 Å². The third-order valence-corrected chi connectivity index (χ3v) is 5.54. The third-order valence-electron chi connectivity index (χ3n) is 5.54. The highest BCUT2D eigenvalue weighted by Gasteiger charge is 2.49. The number of unbranched alkanes of at least 4 members (excludes halogenated alkanes) is 1. The summed E-state index contributed by atoms with van der Waals surface area (Å²) in [6.45, 7) is 11.1. The summed E-state index contributed by atoms with van der Waals surface area (Å²) in [6.07, 6.45) is 3.91. The van der Waals surface area contributed by atoms with E-state index >= 15 is 0 Å². The molecule has 0 saturated heterocycles. The van der Waals surface area contributed by atoms with Crippen LogP contribution in [0.3, 0.4) is 0 Å². The maximum Gasteiger partial charge on any atom is 0.319 e. The Morgan fingerprint density at radius 3 is 2.13 bits per heavy atom. The van der Waals surface area contributed by atoms with Gasteiger partial charge in [-0.05, 0) is 59.4 Å². The van der Waals surface area contributed by atoms with Crippen molar-refractivity contribution >= 4 is 17.9 Å². The first kappa shape index (κ1) is 25.7. The molecule has 0 N–H and O–H groups in total. The van der Waals surface area contributed by atoms with E-state index in [4.69, 9.17) is 18.6 Å². The van der Waals surface area contributed by atoms with Crippen LogP contribution in [0.5, 0.6) is 5.95 Å². The summed E-state index contributed by atoms with van der Waals surface area (Å²) in [6, 6.07) is 3.15. The van der Waals surface area contributed by atoms with Crippen molar-refractivity contribution < 1.29 is 33.0 Å². The van der Waals surface area contributed by atoms with E-state index in [1.54, 1.807) is 33.8 Å². The molecule has 0 radical (unpaired) electrons. The molecule has 0 fully saturated rings. The summed E-state index contributed by atoms with van der Waals surface area (Å²) in [5.74, 6) is -1.27. The zero-order chi connectivity index (χ0) is 23.0. The molecule has 2 atom stereocenters. The Hall–Kier alpha value is -2.31. The lowest BCUT2D eigenvalue weighted by Crippen LogP contribution is -2.44. The molecular weight excluding hydrogens is 388 g/mol. The van der Waals surface area contributed by atoms with Gasteiger partial charge >= 0.3 is 17.9 Å². The van der Waals surface area contributed by atoms with Gasteiger partial charge in [0.2, 0.25) is 0 Å². The van der Waals surface area contributed by atoms with Gasteiger partial charge in [0.05, 0.1) is 36.2 Å². The van der Waals surface area contributed by atoms with Crippen molar-refractivity contribution in [1.29, 1.82) is 0 Å². The molecule has 0 amide bonds. The van der Waals surface area contributed by atoms with Crippen LogP contribution < -0.4 is 4.74 Å². The van der Waals surface area contributed by atoms with Crippen LogP contribution in [-0.2, 0) is 23.9 Å². The SMILES string of the molecule is CCCCOC(=O)C(C)(CC)CC(C)(CC(C)(C)C(=O)Oc1ccco1)C(=O)OC. The number of hydrogen-bond donors (Lipinski definition) is 0. The van der Waals surface area contributed by atoms with Gasteiger partial charge in [0, 0.05) is 6.07 Å². The van der Waals surface area contributed by atoms with Crippen molar-refractivity contribution in [3.63, 3.8) is 0 Å². The molecule has 7 nitrogen and oxygen atoms in total. The average molecular weight is 425 g/mol. The summed E-state index contributed by atoms with van der Waals surface area (Å²) in [4.78, 5) is 38.3. The number of carbonyl (C=O) groups is 3. The van der Waals surface area contributed by atoms with Crippen LogP contribution in [0.15, 0.2) is 22.8 Å². The van der Waals surface area contributed by atoms with Gasteiger partial charge in [-0.25, -0.2) is 0 Å². The van der Waals surface area contributed by atoms with Crippen molar-refractivity contribution in [2.45, 2.75) is 73.6 Å². The van der Waals surface area contributed by atoms with E-state index in [0.29, 0.717) is 13.0 Å². The van der Waals surface area contributed by atoms with Crippen LogP contribution >= 0.6 is 0 Å². The van der Waals surface area contributed by atoms with Crippen LogP contribution in [-0.4, -0.2) is 31.6 Å². The minimum atomic E-state index is -1.10. The maximum atomic E-state index is 12.8. The Bertz CT molecular complexity index is 707. The van der Waals surface area contributed by atoms with Crippen LogP contribution in [0.1, 0.15) is 73.6 Å². The first-order valence-corrected chi connectivity index (χ1v) is 10.5. The lowest BCUT2D eigenvalue weighted by Gasteiger charge is -2.39. The molecule has 170 valence electrons. The summed E-state index contributed by atoms with van der Waals surface area (Å²) >= 11 is 0. The van der Waals surface area contributed by atoms with E-state index in [1.807, 2.05) is 13.8 Å². The minimum absolute atomic E-state index is 0.0887. The highest BCUT2D eigenvalue weighted by Crippen LogP contribution is 2.45. The average Bonchev–Trinajstić information content (AvgIpc) is 3.19. The van der Waals surface area contributed by atoms with E-state index in [1.165, 1.54) is 19.4 Å². The number of carbonyl (C=O) groups excluding carboxylic acids is 3. The molecule has 0 aliphatic rings. The Morgan fingerprint density at radius 1 is 0.967 bits per heavy atom. The normalized spacial score (nSPS) is 15.6. The van der Waals surface area contributed by atoms with E-state index in [9.17, 15) is 14.4 Å². The number of hydrogen-bond acceptors (Lipinski definition) is 7. The molecule has 1 heterocycles. The molecule has 0 aliphatic carbocycles. The van der Waals surface area contributed by atoms with E-state index in [-0.39, 0.29) is 24.8 Å². The fourth-order valence-corrected chi connectivity index (χ4v) is 3.74. The summed E-state index contributed by atoms with van der Waals surface area (Å²) < 4.78 is 20.9. The topological polar surface area (TPSA) is 92.0 Å². The van der Waals surface area contributed by atoms with Crippen LogP contribution in [0.2, 0.25) is 0 Å². The van der Waals surface area contributed by atoms with Crippen LogP contribution in [0.25, 0.3) is 0 Å². The number of esters is 3. The molecule has 1 aromatic heterocycles. The fraction of sp³-hybridized carbons (Fsp3) is 0.696. The largest absolute Gasteiger partial charge is 0.469 e. The van der Waals surface area contributed by atoms with Crippen molar-refractivity contribution in [1.82, 2.24) is 0 Å². The van der Waals surface area contributed by atoms with E-state index < -0.39 is 28.2 Å². The van der Waals surface area contributed by atoms with E-state index in [2.05, 4.69) is 0 Å². The predicted molar refractivity (Wildman–Crippen MR) is 112 cm³/mol. The van der Waals surface area contributed by atoms with Gasteiger partial charge in [0.1, 0.15) is 0 Å². The molecule has 2 unspecified atom stereocenters. The Morgan fingerprint density at radius 2 is 1.63 bits per heavy atom. The summed E-state index contributed by atoms with van der Waals surface area (Å²) in [7, 11) is 1.30. The quantitative estimate of drug-likeness (QED) is 0.347. The van der Waals surface area contributed by atoms with Gasteiger partial charge in [-0.15, -0.1) is 0 Å². The van der Waals surface area contributed by atoms with Crippen molar-refractivity contribution in [2.24, 2.45) is 16.2 Å². The fourth-order valence-electron chi connectivity index (χ4n) is 3.74. The molecule has 0 aliphatic heterocycles. The van der Waals surface area contributed by atoms with Crippen LogP contribution in [0.4, 0.5) is 0 Å². The van der Waals surface area contributed by atoms with Crippen molar-refractivity contribution in [3.8, 4) is 5.95 Å². The van der Waals surface area contributed by atoms with Gasteiger partial charge < -0.3 is 18.6 Å². The zero-order valence-electron chi connectivity index (χ0n) is 19.3. The van der Waals surface area contributed by atoms with Gasteiger partial charge in [0.15, 0.2) is 0 Å². The van der Waals surface area contributed by atoms with Crippen molar-refractivity contribution in [2.75, 3.05) is 13.7 Å². The second-order valence-corrected chi connectivity index (χ2v) is 9.01. The molecule has 1 rings (SSSR count). The summed E-state index contributed by atoms with van der Waals surface area (Å²) in [5, 5.41) is 0. The monoisotopic (exact) mass is 424 g/mol. The minimum Gasteiger partial charge on any atom is -0.469 e. The molecular formula is C23H36O7. The molecule has 0 aromatic carbocycles. The number of furan rings is 1.